The average Bonchev–Trinajstić information content (AvgIpc) is 2.93. The molecular formula is C29H34ClN3O5S. The van der Waals surface area contributed by atoms with Crippen LogP contribution in [0.1, 0.15) is 31.4 Å². The summed E-state index contributed by atoms with van der Waals surface area (Å²) >= 11 is 6.17. The number of hydrogen-bond donors (Lipinski definition) is 1. The Hall–Kier alpha value is -3.56. The Labute approximate surface area is 235 Å². The van der Waals surface area contributed by atoms with Gasteiger partial charge in [-0.25, -0.2) is 8.42 Å². The number of benzene rings is 3. The first-order chi connectivity index (χ1) is 18.6. The number of carbonyl (C=O) groups excluding carboxylic acids is 2. The van der Waals surface area contributed by atoms with Gasteiger partial charge in [-0.05, 0) is 74.4 Å². The lowest BCUT2D eigenvalue weighted by Gasteiger charge is -2.32. The number of nitrogens with one attached hydrogen (secondary N) is 1. The quantitative estimate of drug-likeness (QED) is 0.337. The molecule has 8 nitrogen and oxygen atoms in total. The minimum absolute atomic E-state index is 0.00630. The molecule has 0 heterocycles. The number of ether oxygens (including phenoxy) is 1. The highest BCUT2D eigenvalue weighted by molar-refractivity contribution is 7.92. The molecule has 3 aromatic carbocycles. The summed E-state index contributed by atoms with van der Waals surface area (Å²) in [4.78, 5) is 28.2. The maximum absolute atomic E-state index is 13.9. The summed E-state index contributed by atoms with van der Waals surface area (Å²) in [5.74, 6) is -0.356. The summed E-state index contributed by atoms with van der Waals surface area (Å²) in [6.45, 7) is 5.48. The van der Waals surface area contributed by atoms with E-state index in [1.807, 2.05) is 13.8 Å². The zero-order chi connectivity index (χ0) is 28.6. The molecule has 0 spiro atoms. The van der Waals surface area contributed by atoms with E-state index in [2.05, 4.69) is 5.32 Å². The van der Waals surface area contributed by atoms with E-state index in [-0.39, 0.29) is 17.3 Å². The van der Waals surface area contributed by atoms with Crippen molar-refractivity contribution in [2.24, 2.45) is 0 Å². The molecule has 0 radical (unpaired) electrons. The van der Waals surface area contributed by atoms with Gasteiger partial charge in [-0.3, -0.25) is 13.9 Å². The van der Waals surface area contributed by atoms with Crippen molar-refractivity contribution in [1.29, 1.82) is 0 Å². The second-order valence-electron chi connectivity index (χ2n) is 9.14. The minimum atomic E-state index is -4.15. The van der Waals surface area contributed by atoms with Crippen LogP contribution < -0.4 is 14.4 Å². The molecule has 0 aliphatic rings. The molecule has 3 rings (SSSR count). The molecule has 1 unspecified atom stereocenters. The number of nitrogens with zero attached hydrogens (tertiary/aromatic N) is 2. The average molecular weight is 572 g/mol. The Balaban J connectivity index is 2.01. The molecule has 10 heteroatoms. The number of sulfonamides is 1. The van der Waals surface area contributed by atoms with Gasteiger partial charge < -0.3 is 15.0 Å². The summed E-state index contributed by atoms with van der Waals surface area (Å²) in [7, 11) is -2.66. The monoisotopic (exact) mass is 571 g/mol. The Bertz CT molecular complexity index is 1380. The highest BCUT2D eigenvalue weighted by Crippen LogP contribution is 2.26. The predicted octanol–water partition coefficient (Wildman–Crippen LogP) is 4.80. The molecule has 1 atom stereocenters. The fourth-order valence-corrected chi connectivity index (χ4v) is 5.55. The minimum Gasteiger partial charge on any atom is -0.497 e. The Kier molecular flexibility index (Phi) is 10.4. The molecule has 0 saturated heterocycles. The standard InChI is InChI=1S/C29H34ClN3O5S/c1-5-17-31-29(35)22(3)32(19-23-7-6-8-24(30)18-23)28(34)20-33(25-11-9-21(2)10-12-25)39(36,37)27-15-13-26(38-4)14-16-27/h6-16,18,22H,5,17,19-20H2,1-4H3,(H,31,35). The maximum Gasteiger partial charge on any atom is 0.264 e. The summed E-state index contributed by atoms with van der Waals surface area (Å²) in [6.07, 6.45) is 0.738. The molecule has 0 aliphatic carbocycles. The molecule has 0 fully saturated rings. The van der Waals surface area contributed by atoms with Gasteiger partial charge in [0.15, 0.2) is 0 Å². The smallest absolute Gasteiger partial charge is 0.264 e. The molecule has 0 saturated carbocycles. The van der Waals surface area contributed by atoms with Gasteiger partial charge in [0, 0.05) is 18.1 Å². The third-order valence-corrected chi connectivity index (χ3v) is 8.23. The van der Waals surface area contributed by atoms with Gasteiger partial charge >= 0.3 is 0 Å². The molecule has 1 N–H and O–H groups in total. The number of halogens is 1. The van der Waals surface area contributed by atoms with Crippen molar-refractivity contribution in [2.45, 2.75) is 44.7 Å². The van der Waals surface area contributed by atoms with Crippen molar-refractivity contribution in [3.05, 3.63) is 88.9 Å². The van der Waals surface area contributed by atoms with E-state index < -0.39 is 28.5 Å². The first kappa shape index (κ1) is 30.0. The Morgan fingerprint density at radius 3 is 2.28 bits per heavy atom. The van der Waals surface area contributed by atoms with Gasteiger partial charge in [-0.1, -0.05) is 48.4 Å². The van der Waals surface area contributed by atoms with Gasteiger partial charge in [-0.2, -0.15) is 0 Å². The molecule has 0 aromatic heterocycles. The van der Waals surface area contributed by atoms with E-state index in [9.17, 15) is 18.0 Å². The van der Waals surface area contributed by atoms with E-state index >= 15 is 0 Å². The zero-order valence-corrected chi connectivity index (χ0v) is 24.1. The van der Waals surface area contributed by atoms with Crippen LogP contribution in [0.25, 0.3) is 0 Å². The first-order valence-corrected chi connectivity index (χ1v) is 14.4. The van der Waals surface area contributed by atoms with E-state index in [0.29, 0.717) is 28.6 Å². The van der Waals surface area contributed by atoms with Gasteiger partial charge in [-0.15, -0.1) is 0 Å². The van der Waals surface area contributed by atoms with Gasteiger partial charge in [0.2, 0.25) is 11.8 Å². The molecule has 0 bridgehead atoms. The van der Waals surface area contributed by atoms with Crippen molar-refractivity contribution in [3.8, 4) is 5.75 Å². The first-order valence-electron chi connectivity index (χ1n) is 12.6. The van der Waals surface area contributed by atoms with Crippen LogP contribution in [-0.2, 0) is 26.2 Å². The van der Waals surface area contributed by atoms with Crippen LogP contribution in [0.2, 0.25) is 5.02 Å². The highest BCUT2D eigenvalue weighted by atomic mass is 35.5. The van der Waals surface area contributed by atoms with Crippen LogP contribution in [0.5, 0.6) is 5.75 Å². The number of rotatable bonds is 12. The number of carbonyl (C=O) groups is 2. The molecule has 208 valence electrons. The van der Waals surface area contributed by atoms with E-state index in [4.69, 9.17) is 16.3 Å². The number of hydrogen-bond acceptors (Lipinski definition) is 5. The van der Waals surface area contributed by atoms with E-state index in [1.165, 1.54) is 24.1 Å². The fourth-order valence-electron chi connectivity index (χ4n) is 3.93. The summed E-state index contributed by atoms with van der Waals surface area (Å²) in [5.41, 5.74) is 1.98. The van der Waals surface area contributed by atoms with Crippen LogP contribution in [0, 0.1) is 6.92 Å². The predicted molar refractivity (Wildman–Crippen MR) is 153 cm³/mol. The summed E-state index contributed by atoms with van der Waals surface area (Å²) in [6, 6.07) is 19.0. The SMILES string of the molecule is CCCNC(=O)C(C)N(Cc1cccc(Cl)c1)C(=O)CN(c1ccc(C)cc1)S(=O)(=O)c1ccc(OC)cc1. The lowest BCUT2D eigenvalue weighted by molar-refractivity contribution is -0.139. The third kappa shape index (κ3) is 7.74. The van der Waals surface area contributed by atoms with Crippen LogP contribution >= 0.6 is 11.6 Å². The van der Waals surface area contributed by atoms with Gasteiger partial charge in [0.1, 0.15) is 18.3 Å². The second kappa shape index (κ2) is 13.5. The zero-order valence-electron chi connectivity index (χ0n) is 22.6. The lowest BCUT2D eigenvalue weighted by atomic mass is 10.1. The topological polar surface area (TPSA) is 96.0 Å². The maximum atomic E-state index is 13.9. The third-order valence-electron chi connectivity index (χ3n) is 6.21. The largest absolute Gasteiger partial charge is 0.497 e. The van der Waals surface area contributed by atoms with E-state index in [1.54, 1.807) is 67.6 Å². The number of methoxy groups -OCH3 is 1. The highest BCUT2D eigenvalue weighted by Gasteiger charge is 2.32. The van der Waals surface area contributed by atoms with Crippen molar-refractivity contribution in [3.63, 3.8) is 0 Å². The van der Waals surface area contributed by atoms with Crippen molar-refractivity contribution in [2.75, 3.05) is 24.5 Å². The molecule has 0 aliphatic heterocycles. The van der Waals surface area contributed by atoms with Gasteiger partial charge in [0.25, 0.3) is 10.0 Å². The van der Waals surface area contributed by atoms with Crippen molar-refractivity contribution in [1.82, 2.24) is 10.2 Å². The molecular weight excluding hydrogens is 538 g/mol. The molecule has 3 aromatic rings. The van der Waals surface area contributed by atoms with Crippen LogP contribution in [-0.4, -0.2) is 51.4 Å². The van der Waals surface area contributed by atoms with Crippen LogP contribution in [0.3, 0.4) is 0 Å². The van der Waals surface area contributed by atoms with Crippen LogP contribution in [0.15, 0.2) is 77.7 Å². The Morgan fingerprint density at radius 2 is 1.69 bits per heavy atom. The Morgan fingerprint density at radius 1 is 1.03 bits per heavy atom. The summed E-state index contributed by atoms with van der Waals surface area (Å²) < 4.78 is 33.9. The van der Waals surface area contributed by atoms with Crippen LogP contribution in [0.4, 0.5) is 5.69 Å². The number of amides is 2. The van der Waals surface area contributed by atoms with Gasteiger partial charge in [0.05, 0.1) is 17.7 Å². The number of anilines is 1. The molecule has 39 heavy (non-hydrogen) atoms. The lowest BCUT2D eigenvalue weighted by Crippen LogP contribution is -2.51. The van der Waals surface area contributed by atoms with Crippen molar-refractivity contribution < 1.29 is 22.7 Å². The van der Waals surface area contributed by atoms with Crippen molar-refractivity contribution >= 4 is 39.1 Å². The normalized spacial score (nSPS) is 11.9. The van der Waals surface area contributed by atoms with E-state index in [0.717, 1.165) is 16.3 Å². The number of aryl methyl sites for hydroxylation is 1. The fraction of sp³-hybridized carbons (Fsp3) is 0.310. The summed E-state index contributed by atoms with van der Waals surface area (Å²) in [5, 5.41) is 3.31. The second-order valence-corrected chi connectivity index (χ2v) is 11.4. The molecule has 2 amide bonds.